The van der Waals surface area contributed by atoms with Crippen molar-refractivity contribution < 1.29 is 27.9 Å². The predicted octanol–water partition coefficient (Wildman–Crippen LogP) is 2.29. The van der Waals surface area contributed by atoms with Crippen LogP contribution in [0.3, 0.4) is 0 Å². The molecule has 0 aromatic heterocycles. The number of carbonyl (C=O) groups is 1. The number of anilines is 1. The third-order valence-electron chi connectivity index (χ3n) is 5.19. The molecule has 0 aliphatic carbocycles. The van der Waals surface area contributed by atoms with Crippen LogP contribution in [0.1, 0.15) is 18.1 Å². The van der Waals surface area contributed by atoms with E-state index in [9.17, 15) is 13.6 Å². The fourth-order valence-corrected chi connectivity index (χ4v) is 3.50. The van der Waals surface area contributed by atoms with Gasteiger partial charge in [-0.2, -0.15) is 8.78 Å². The van der Waals surface area contributed by atoms with E-state index in [-0.39, 0.29) is 23.4 Å². The van der Waals surface area contributed by atoms with E-state index in [1.165, 1.54) is 18.7 Å². The molecule has 0 spiro atoms. The average molecular weight is 391 g/mol. The maximum atomic E-state index is 13.0. The molecule has 150 valence electrons. The number of methoxy groups -OCH3 is 1. The van der Waals surface area contributed by atoms with Crippen LogP contribution in [0.4, 0.5) is 14.5 Å². The van der Waals surface area contributed by atoms with Crippen molar-refractivity contribution in [2.24, 2.45) is 0 Å². The number of alkyl halides is 2. The first-order chi connectivity index (χ1) is 13.4. The minimum atomic E-state index is -2.91. The Morgan fingerprint density at radius 3 is 2.68 bits per heavy atom. The van der Waals surface area contributed by atoms with Crippen LogP contribution >= 0.6 is 0 Å². The molecule has 2 aromatic rings. The fraction of sp³-hybridized carbons (Fsp3) is 0.381. The van der Waals surface area contributed by atoms with Crippen molar-refractivity contribution in [2.75, 3.05) is 25.6 Å². The third-order valence-corrected chi connectivity index (χ3v) is 5.19. The summed E-state index contributed by atoms with van der Waals surface area (Å²) in [6.07, 6.45) is 0.872. The first-order valence-electron chi connectivity index (χ1n) is 9.24. The summed E-state index contributed by atoms with van der Waals surface area (Å²) in [5.41, 5.74) is 3.06. The Balaban J connectivity index is 1.69. The van der Waals surface area contributed by atoms with E-state index in [1.807, 2.05) is 37.1 Å². The number of benzene rings is 2. The van der Waals surface area contributed by atoms with Crippen LogP contribution in [0.5, 0.6) is 11.5 Å². The number of carbonyl (C=O) groups excluding carboxylic acids is 1. The molecule has 1 heterocycles. The van der Waals surface area contributed by atoms with Gasteiger partial charge in [0.2, 0.25) is 0 Å². The van der Waals surface area contributed by atoms with E-state index in [2.05, 4.69) is 10.8 Å². The molecule has 1 aliphatic rings. The number of fused-ring (bicyclic) bond motifs is 1. The molecule has 0 saturated carbocycles. The van der Waals surface area contributed by atoms with Crippen molar-refractivity contribution in [2.45, 2.75) is 32.5 Å². The number of ether oxygens (including phenoxy) is 2. The second kappa shape index (κ2) is 8.56. The van der Waals surface area contributed by atoms with Gasteiger partial charge in [0.15, 0.2) is 17.5 Å². The van der Waals surface area contributed by atoms with Crippen molar-refractivity contribution >= 4 is 11.6 Å². The van der Waals surface area contributed by atoms with Crippen LogP contribution in [0.15, 0.2) is 42.5 Å². The first-order valence-corrected chi connectivity index (χ1v) is 9.24. The standard InChI is InChI=1S/C21H24F2N2O3/c1-14(20(26)25-11-10-16-6-4-5-7-17(16)25)24(2)13-15-8-9-18(28-21(22)23)19(12-15)27-3/h4-9,12,14,21H,10-11,13H2,1-3H3/p+1/t14-/m0/s1. The second-order valence-electron chi connectivity index (χ2n) is 6.98. The molecule has 2 aromatic carbocycles. The van der Waals surface area contributed by atoms with Gasteiger partial charge in [-0.3, -0.25) is 4.79 Å². The minimum Gasteiger partial charge on any atom is -0.493 e. The van der Waals surface area contributed by atoms with Crippen molar-refractivity contribution in [1.29, 1.82) is 0 Å². The maximum Gasteiger partial charge on any atom is 0.387 e. The molecule has 1 aliphatic heterocycles. The SMILES string of the molecule is COc1cc(C[NH+](C)[C@@H](C)C(=O)N2CCc3ccccc32)ccc1OC(F)F. The molecule has 0 bridgehead atoms. The number of nitrogens with zero attached hydrogens (tertiary/aromatic N) is 1. The Bertz CT molecular complexity index is 844. The summed E-state index contributed by atoms with van der Waals surface area (Å²) >= 11 is 0. The average Bonchev–Trinajstić information content (AvgIpc) is 3.11. The number of hydrogen-bond donors (Lipinski definition) is 1. The largest absolute Gasteiger partial charge is 0.493 e. The van der Waals surface area contributed by atoms with Gasteiger partial charge in [-0.05, 0) is 43.2 Å². The summed E-state index contributed by atoms with van der Waals surface area (Å²) < 4.78 is 34.6. The summed E-state index contributed by atoms with van der Waals surface area (Å²) in [6, 6.07) is 12.6. The molecule has 1 N–H and O–H groups in total. The van der Waals surface area contributed by atoms with E-state index < -0.39 is 6.61 Å². The Hall–Kier alpha value is -2.67. The summed E-state index contributed by atoms with van der Waals surface area (Å²) in [5, 5.41) is 0. The number of halogens is 2. The van der Waals surface area contributed by atoms with Crippen molar-refractivity contribution in [1.82, 2.24) is 0 Å². The van der Waals surface area contributed by atoms with Crippen molar-refractivity contribution in [3.05, 3.63) is 53.6 Å². The maximum absolute atomic E-state index is 13.0. The predicted molar refractivity (Wildman–Crippen MR) is 102 cm³/mol. The fourth-order valence-electron chi connectivity index (χ4n) is 3.50. The highest BCUT2D eigenvalue weighted by Crippen LogP contribution is 2.29. The molecule has 1 amide bonds. The molecule has 28 heavy (non-hydrogen) atoms. The lowest BCUT2D eigenvalue weighted by Gasteiger charge is -2.26. The lowest BCUT2D eigenvalue weighted by molar-refractivity contribution is -0.908. The summed E-state index contributed by atoms with van der Waals surface area (Å²) in [6.45, 7) is 0.246. The number of amides is 1. The van der Waals surface area contributed by atoms with Gasteiger partial charge in [-0.1, -0.05) is 18.2 Å². The van der Waals surface area contributed by atoms with E-state index in [1.54, 1.807) is 12.1 Å². The molecule has 2 atom stereocenters. The highest BCUT2D eigenvalue weighted by atomic mass is 19.3. The zero-order valence-corrected chi connectivity index (χ0v) is 16.2. The molecule has 0 fully saturated rings. The molecule has 7 heteroatoms. The monoisotopic (exact) mass is 391 g/mol. The molecular formula is C21H25F2N2O3+. The van der Waals surface area contributed by atoms with Crippen LogP contribution in [0.25, 0.3) is 0 Å². The summed E-state index contributed by atoms with van der Waals surface area (Å²) in [4.78, 5) is 15.9. The number of quaternary nitrogens is 1. The van der Waals surface area contributed by atoms with Gasteiger partial charge in [-0.15, -0.1) is 0 Å². The van der Waals surface area contributed by atoms with E-state index in [0.29, 0.717) is 13.1 Å². The van der Waals surface area contributed by atoms with Crippen LogP contribution in [-0.2, 0) is 17.8 Å². The first kappa shape index (κ1) is 20.1. The van der Waals surface area contributed by atoms with Gasteiger partial charge >= 0.3 is 6.61 Å². The highest BCUT2D eigenvalue weighted by Gasteiger charge is 2.32. The summed E-state index contributed by atoms with van der Waals surface area (Å²) in [7, 11) is 3.35. The number of likely N-dealkylation sites (N-methyl/N-ethyl adjacent to an activating group) is 1. The van der Waals surface area contributed by atoms with Gasteiger partial charge < -0.3 is 19.3 Å². The van der Waals surface area contributed by atoms with Crippen LogP contribution in [-0.4, -0.2) is 39.3 Å². The Morgan fingerprint density at radius 1 is 1.21 bits per heavy atom. The Labute approximate surface area is 163 Å². The number of para-hydroxylation sites is 1. The van der Waals surface area contributed by atoms with Crippen LogP contribution in [0.2, 0.25) is 0 Å². The van der Waals surface area contributed by atoms with Gasteiger partial charge in [-0.25, -0.2) is 0 Å². The normalized spacial score (nSPS) is 15.3. The van der Waals surface area contributed by atoms with Crippen LogP contribution in [0, 0.1) is 0 Å². The molecule has 1 unspecified atom stereocenters. The Morgan fingerprint density at radius 2 is 1.96 bits per heavy atom. The lowest BCUT2D eigenvalue weighted by Crippen LogP contribution is -3.12. The molecular weight excluding hydrogens is 366 g/mol. The van der Waals surface area contributed by atoms with E-state index in [4.69, 9.17) is 4.74 Å². The number of rotatable bonds is 7. The summed E-state index contributed by atoms with van der Waals surface area (Å²) in [5.74, 6) is 0.321. The Kier molecular flexibility index (Phi) is 6.14. The second-order valence-corrected chi connectivity index (χ2v) is 6.98. The zero-order chi connectivity index (χ0) is 20.3. The van der Waals surface area contributed by atoms with E-state index >= 15 is 0 Å². The molecule has 5 nitrogen and oxygen atoms in total. The van der Waals surface area contributed by atoms with Gasteiger partial charge in [0.05, 0.1) is 14.2 Å². The molecule has 0 radical (unpaired) electrons. The lowest BCUT2D eigenvalue weighted by atomic mass is 10.1. The van der Waals surface area contributed by atoms with Crippen molar-refractivity contribution in [3.8, 4) is 11.5 Å². The van der Waals surface area contributed by atoms with Crippen LogP contribution < -0.4 is 19.3 Å². The number of hydrogen-bond acceptors (Lipinski definition) is 3. The van der Waals surface area contributed by atoms with Gasteiger partial charge in [0.25, 0.3) is 5.91 Å². The van der Waals surface area contributed by atoms with Gasteiger partial charge in [0.1, 0.15) is 6.54 Å². The highest BCUT2D eigenvalue weighted by molar-refractivity contribution is 5.97. The van der Waals surface area contributed by atoms with E-state index in [0.717, 1.165) is 22.6 Å². The molecule has 0 saturated heterocycles. The quantitative estimate of drug-likeness (QED) is 0.788. The van der Waals surface area contributed by atoms with Gasteiger partial charge in [0, 0.05) is 17.8 Å². The minimum absolute atomic E-state index is 0.00305. The zero-order valence-electron chi connectivity index (χ0n) is 16.2. The number of nitrogens with one attached hydrogen (secondary N) is 1. The smallest absolute Gasteiger partial charge is 0.387 e. The third kappa shape index (κ3) is 4.25. The molecule has 3 rings (SSSR count). The van der Waals surface area contributed by atoms with Crippen molar-refractivity contribution in [3.63, 3.8) is 0 Å². The topological polar surface area (TPSA) is 43.2 Å².